The van der Waals surface area contributed by atoms with Crippen LogP contribution < -0.4 is 10.6 Å². The van der Waals surface area contributed by atoms with Gasteiger partial charge in [-0.3, -0.25) is 19.7 Å². The van der Waals surface area contributed by atoms with E-state index in [0.29, 0.717) is 12.8 Å². The molecule has 0 saturated carbocycles. The lowest BCUT2D eigenvalue weighted by Gasteiger charge is -2.35. The normalized spacial score (nSPS) is 24.3. The van der Waals surface area contributed by atoms with Crippen LogP contribution in [-0.4, -0.2) is 41.2 Å². The number of benzene rings is 1. The van der Waals surface area contributed by atoms with E-state index in [4.69, 9.17) is 0 Å². The molecule has 3 rings (SSSR count). The Labute approximate surface area is 122 Å². The maximum absolute atomic E-state index is 12.7. The van der Waals surface area contributed by atoms with Gasteiger partial charge in [0.2, 0.25) is 17.7 Å². The molecule has 2 aliphatic heterocycles. The number of hydrogen-bond donors (Lipinski definition) is 2. The van der Waals surface area contributed by atoms with Gasteiger partial charge in [-0.15, -0.1) is 0 Å². The monoisotopic (exact) mass is 287 g/mol. The summed E-state index contributed by atoms with van der Waals surface area (Å²) in [6.45, 7) is 1.77. The fourth-order valence-corrected chi connectivity index (χ4v) is 2.95. The summed E-state index contributed by atoms with van der Waals surface area (Å²) < 4.78 is 0. The van der Waals surface area contributed by atoms with E-state index in [1.807, 2.05) is 31.2 Å². The quantitative estimate of drug-likeness (QED) is 0.766. The SMILES string of the molecule is CCC1C(=O)NC(=O)CN1C(=O)C1Cc2ccccc2N1. The third kappa shape index (κ3) is 2.37. The minimum absolute atomic E-state index is 0.0579. The molecule has 110 valence electrons. The molecule has 1 fully saturated rings. The number of carbonyl (C=O) groups excluding carboxylic acids is 3. The van der Waals surface area contributed by atoms with Crippen molar-refractivity contribution < 1.29 is 14.4 Å². The van der Waals surface area contributed by atoms with Crippen LogP contribution in [-0.2, 0) is 20.8 Å². The number of hydrogen-bond acceptors (Lipinski definition) is 4. The first kappa shape index (κ1) is 13.6. The molecule has 1 aromatic carbocycles. The zero-order chi connectivity index (χ0) is 15.0. The lowest BCUT2D eigenvalue weighted by molar-refractivity contribution is -0.150. The number of nitrogens with zero attached hydrogens (tertiary/aromatic N) is 1. The van der Waals surface area contributed by atoms with Crippen molar-refractivity contribution in [2.45, 2.75) is 31.8 Å². The summed E-state index contributed by atoms with van der Waals surface area (Å²) in [7, 11) is 0. The zero-order valence-electron chi connectivity index (χ0n) is 11.8. The first-order valence-electron chi connectivity index (χ1n) is 7.08. The molecule has 3 amide bonds. The van der Waals surface area contributed by atoms with Crippen molar-refractivity contribution in [3.8, 4) is 0 Å². The highest BCUT2D eigenvalue weighted by Gasteiger charge is 2.39. The largest absolute Gasteiger partial charge is 0.373 e. The number of rotatable bonds is 2. The summed E-state index contributed by atoms with van der Waals surface area (Å²) in [6.07, 6.45) is 1.07. The molecule has 1 saturated heterocycles. The van der Waals surface area contributed by atoms with Crippen LogP contribution in [0.1, 0.15) is 18.9 Å². The third-order valence-corrected chi connectivity index (χ3v) is 3.99. The molecule has 6 heteroatoms. The average Bonchev–Trinajstić information content (AvgIpc) is 2.89. The predicted molar refractivity (Wildman–Crippen MR) is 76.5 cm³/mol. The minimum Gasteiger partial charge on any atom is -0.373 e. The summed E-state index contributed by atoms with van der Waals surface area (Å²) in [5.74, 6) is -1.01. The van der Waals surface area contributed by atoms with Crippen molar-refractivity contribution >= 4 is 23.4 Å². The number of fused-ring (bicyclic) bond motifs is 1. The number of anilines is 1. The number of para-hydroxylation sites is 1. The van der Waals surface area contributed by atoms with Crippen molar-refractivity contribution in [3.63, 3.8) is 0 Å². The van der Waals surface area contributed by atoms with Crippen molar-refractivity contribution in [1.29, 1.82) is 0 Å². The van der Waals surface area contributed by atoms with Crippen LogP contribution in [0.25, 0.3) is 0 Å². The molecule has 2 N–H and O–H groups in total. The molecular formula is C15H17N3O3. The van der Waals surface area contributed by atoms with Crippen LogP contribution in [0.3, 0.4) is 0 Å². The molecule has 21 heavy (non-hydrogen) atoms. The highest BCUT2D eigenvalue weighted by atomic mass is 16.2. The Bertz CT molecular complexity index is 589. The smallest absolute Gasteiger partial charge is 0.249 e. The molecule has 2 unspecified atom stereocenters. The maximum atomic E-state index is 12.7. The second kappa shape index (κ2) is 5.20. The summed E-state index contributed by atoms with van der Waals surface area (Å²) in [5.41, 5.74) is 2.02. The Balaban J connectivity index is 1.79. The predicted octanol–water partition coefficient (Wildman–Crippen LogP) is 0.287. The van der Waals surface area contributed by atoms with E-state index in [9.17, 15) is 14.4 Å². The number of nitrogens with one attached hydrogen (secondary N) is 2. The number of carbonyl (C=O) groups is 3. The summed E-state index contributed by atoms with van der Waals surface area (Å²) >= 11 is 0. The second-order valence-corrected chi connectivity index (χ2v) is 5.36. The van der Waals surface area contributed by atoms with Gasteiger partial charge >= 0.3 is 0 Å². The van der Waals surface area contributed by atoms with Gasteiger partial charge in [0.25, 0.3) is 0 Å². The van der Waals surface area contributed by atoms with Crippen molar-refractivity contribution in [2.24, 2.45) is 0 Å². The van der Waals surface area contributed by atoms with E-state index in [2.05, 4.69) is 10.6 Å². The van der Waals surface area contributed by atoms with E-state index in [1.165, 1.54) is 4.90 Å². The van der Waals surface area contributed by atoms with Crippen LogP contribution in [0.5, 0.6) is 0 Å². The van der Waals surface area contributed by atoms with Gasteiger partial charge in [0.15, 0.2) is 0 Å². The molecule has 2 heterocycles. The number of imide groups is 1. The van der Waals surface area contributed by atoms with Crippen molar-refractivity contribution in [2.75, 3.05) is 11.9 Å². The summed E-state index contributed by atoms with van der Waals surface area (Å²) in [5, 5.41) is 5.45. The fourth-order valence-electron chi connectivity index (χ4n) is 2.95. The van der Waals surface area contributed by atoms with Gasteiger partial charge in [-0.05, 0) is 18.1 Å². The highest BCUT2D eigenvalue weighted by Crippen LogP contribution is 2.26. The van der Waals surface area contributed by atoms with Crippen molar-refractivity contribution in [1.82, 2.24) is 10.2 Å². The first-order valence-corrected chi connectivity index (χ1v) is 7.08. The van der Waals surface area contributed by atoms with Gasteiger partial charge in [-0.25, -0.2) is 0 Å². The summed E-state index contributed by atoms with van der Waals surface area (Å²) in [6, 6.07) is 6.76. The molecule has 2 atom stereocenters. The van der Waals surface area contributed by atoms with Crippen LogP contribution in [0.15, 0.2) is 24.3 Å². The molecule has 0 aromatic heterocycles. The molecule has 6 nitrogen and oxygen atoms in total. The average molecular weight is 287 g/mol. The molecule has 0 aliphatic carbocycles. The Kier molecular flexibility index (Phi) is 3.37. The van der Waals surface area contributed by atoms with Gasteiger partial charge < -0.3 is 10.2 Å². The van der Waals surface area contributed by atoms with Gasteiger partial charge in [0.05, 0.1) is 0 Å². The van der Waals surface area contributed by atoms with Crippen LogP contribution in [0.4, 0.5) is 5.69 Å². The first-order chi connectivity index (χ1) is 10.1. The van der Waals surface area contributed by atoms with Crippen LogP contribution in [0.2, 0.25) is 0 Å². The Morgan fingerprint density at radius 2 is 2.10 bits per heavy atom. The minimum atomic E-state index is -0.569. The van der Waals surface area contributed by atoms with Gasteiger partial charge in [0, 0.05) is 12.1 Å². The van der Waals surface area contributed by atoms with E-state index in [0.717, 1.165) is 11.3 Å². The van der Waals surface area contributed by atoms with E-state index in [-0.39, 0.29) is 12.5 Å². The lowest BCUT2D eigenvalue weighted by Crippen LogP contribution is -2.61. The van der Waals surface area contributed by atoms with E-state index < -0.39 is 23.9 Å². The molecule has 0 radical (unpaired) electrons. The van der Waals surface area contributed by atoms with Gasteiger partial charge in [-0.1, -0.05) is 25.1 Å². The zero-order valence-corrected chi connectivity index (χ0v) is 11.8. The number of piperazine rings is 1. The Morgan fingerprint density at radius 1 is 1.33 bits per heavy atom. The van der Waals surface area contributed by atoms with Crippen molar-refractivity contribution in [3.05, 3.63) is 29.8 Å². The van der Waals surface area contributed by atoms with Crippen LogP contribution >= 0.6 is 0 Å². The van der Waals surface area contributed by atoms with Gasteiger partial charge in [0.1, 0.15) is 18.6 Å². The second-order valence-electron chi connectivity index (χ2n) is 5.36. The summed E-state index contributed by atoms with van der Waals surface area (Å²) in [4.78, 5) is 37.4. The molecule has 0 spiro atoms. The topological polar surface area (TPSA) is 78.5 Å². The Hall–Kier alpha value is -2.37. The van der Waals surface area contributed by atoms with Gasteiger partial charge in [-0.2, -0.15) is 0 Å². The molecule has 1 aromatic rings. The van der Waals surface area contributed by atoms with Crippen LogP contribution in [0, 0.1) is 0 Å². The highest BCUT2D eigenvalue weighted by molar-refractivity contribution is 6.05. The fraction of sp³-hybridized carbons (Fsp3) is 0.400. The molecular weight excluding hydrogens is 270 g/mol. The van der Waals surface area contributed by atoms with E-state index >= 15 is 0 Å². The van der Waals surface area contributed by atoms with E-state index in [1.54, 1.807) is 0 Å². The Morgan fingerprint density at radius 3 is 2.81 bits per heavy atom. The molecule has 0 bridgehead atoms. The maximum Gasteiger partial charge on any atom is 0.249 e. The third-order valence-electron chi connectivity index (χ3n) is 3.99. The lowest BCUT2D eigenvalue weighted by atomic mass is 10.1. The molecule has 2 aliphatic rings. The standard InChI is InChI=1S/C15H17N3O3/c1-2-12-14(20)17-13(19)8-18(12)15(21)11-7-9-5-3-4-6-10(9)16-11/h3-6,11-12,16H,2,7-8H2,1H3,(H,17,19,20). The number of amides is 3.